The SMILES string of the molecule is CC(=O)c1cccc(NC(=O)CN2CC(CO)C2)c1. The summed E-state index contributed by atoms with van der Waals surface area (Å²) in [6.45, 7) is 3.52. The van der Waals surface area contributed by atoms with Crippen LogP contribution in [0.3, 0.4) is 0 Å². The van der Waals surface area contributed by atoms with E-state index in [-0.39, 0.29) is 18.3 Å². The summed E-state index contributed by atoms with van der Waals surface area (Å²) in [5.74, 6) is 0.176. The molecule has 19 heavy (non-hydrogen) atoms. The molecule has 1 aliphatic rings. The van der Waals surface area contributed by atoms with E-state index in [1.165, 1.54) is 6.92 Å². The third kappa shape index (κ3) is 3.62. The number of anilines is 1. The summed E-state index contributed by atoms with van der Waals surface area (Å²) in [6, 6.07) is 6.90. The Bertz CT molecular complexity index is 481. The first-order valence-electron chi connectivity index (χ1n) is 6.32. The van der Waals surface area contributed by atoms with Gasteiger partial charge < -0.3 is 10.4 Å². The molecule has 0 radical (unpaired) electrons. The molecular weight excluding hydrogens is 244 g/mol. The molecule has 2 rings (SSSR count). The van der Waals surface area contributed by atoms with Gasteiger partial charge in [0.25, 0.3) is 0 Å². The largest absolute Gasteiger partial charge is 0.396 e. The first kappa shape index (κ1) is 13.7. The number of Topliss-reactive ketones (excluding diaryl/α,β-unsaturated/α-hetero) is 1. The van der Waals surface area contributed by atoms with Crippen LogP contribution in [0.5, 0.6) is 0 Å². The molecule has 0 saturated carbocycles. The van der Waals surface area contributed by atoms with Gasteiger partial charge in [-0.15, -0.1) is 0 Å². The lowest BCUT2D eigenvalue weighted by atomic mass is 10.0. The van der Waals surface area contributed by atoms with Gasteiger partial charge in [-0.3, -0.25) is 14.5 Å². The fraction of sp³-hybridized carbons (Fsp3) is 0.429. The number of likely N-dealkylation sites (tertiary alicyclic amines) is 1. The van der Waals surface area contributed by atoms with E-state index in [4.69, 9.17) is 5.11 Å². The Morgan fingerprint density at radius 2 is 2.16 bits per heavy atom. The zero-order valence-electron chi connectivity index (χ0n) is 10.9. The quantitative estimate of drug-likeness (QED) is 0.768. The number of hydrogen-bond donors (Lipinski definition) is 2. The van der Waals surface area contributed by atoms with Crippen molar-refractivity contribution in [3.05, 3.63) is 29.8 Å². The highest BCUT2D eigenvalue weighted by atomic mass is 16.3. The van der Waals surface area contributed by atoms with Crippen LogP contribution < -0.4 is 5.32 Å². The summed E-state index contributed by atoms with van der Waals surface area (Å²) >= 11 is 0. The predicted octanol–water partition coefficient (Wildman–Crippen LogP) is 0.752. The van der Waals surface area contributed by atoms with E-state index in [1.807, 2.05) is 4.90 Å². The average molecular weight is 262 g/mol. The Balaban J connectivity index is 1.85. The number of ketones is 1. The molecule has 0 bridgehead atoms. The smallest absolute Gasteiger partial charge is 0.238 e. The van der Waals surface area contributed by atoms with Crippen molar-refractivity contribution >= 4 is 17.4 Å². The molecule has 0 unspecified atom stereocenters. The van der Waals surface area contributed by atoms with Crippen LogP contribution in [0.2, 0.25) is 0 Å². The molecule has 5 heteroatoms. The highest BCUT2D eigenvalue weighted by molar-refractivity contribution is 5.97. The maximum Gasteiger partial charge on any atom is 0.238 e. The number of carbonyl (C=O) groups excluding carboxylic acids is 2. The van der Waals surface area contributed by atoms with Crippen molar-refractivity contribution in [2.75, 3.05) is 31.6 Å². The van der Waals surface area contributed by atoms with Gasteiger partial charge >= 0.3 is 0 Å². The van der Waals surface area contributed by atoms with E-state index in [0.29, 0.717) is 23.7 Å². The number of nitrogens with zero attached hydrogens (tertiary/aromatic N) is 1. The van der Waals surface area contributed by atoms with Gasteiger partial charge in [-0.05, 0) is 19.1 Å². The van der Waals surface area contributed by atoms with Crippen molar-refractivity contribution in [1.29, 1.82) is 0 Å². The third-order valence-corrected chi connectivity index (χ3v) is 3.21. The van der Waals surface area contributed by atoms with E-state index in [9.17, 15) is 9.59 Å². The van der Waals surface area contributed by atoms with Crippen LogP contribution in [-0.4, -0.2) is 47.9 Å². The number of nitrogens with one attached hydrogen (secondary N) is 1. The van der Waals surface area contributed by atoms with E-state index >= 15 is 0 Å². The maximum absolute atomic E-state index is 11.8. The summed E-state index contributed by atoms with van der Waals surface area (Å²) in [7, 11) is 0. The number of aliphatic hydroxyl groups is 1. The van der Waals surface area contributed by atoms with Gasteiger partial charge in [0.2, 0.25) is 5.91 Å². The monoisotopic (exact) mass is 262 g/mol. The minimum absolute atomic E-state index is 0.0235. The predicted molar refractivity (Wildman–Crippen MR) is 72.1 cm³/mol. The van der Waals surface area contributed by atoms with Gasteiger partial charge in [-0.25, -0.2) is 0 Å². The van der Waals surface area contributed by atoms with Crippen molar-refractivity contribution < 1.29 is 14.7 Å². The minimum atomic E-state index is -0.0999. The number of amides is 1. The lowest BCUT2D eigenvalue weighted by Crippen LogP contribution is -2.51. The summed E-state index contributed by atoms with van der Waals surface area (Å²) in [6.07, 6.45) is 0. The summed E-state index contributed by atoms with van der Waals surface area (Å²) < 4.78 is 0. The molecule has 2 N–H and O–H groups in total. The fourth-order valence-corrected chi connectivity index (χ4v) is 2.14. The Morgan fingerprint density at radius 3 is 2.79 bits per heavy atom. The van der Waals surface area contributed by atoms with Gasteiger partial charge in [0, 0.05) is 36.9 Å². The topological polar surface area (TPSA) is 69.6 Å². The Labute approximate surface area is 112 Å². The van der Waals surface area contributed by atoms with Gasteiger partial charge in [-0.1, -0.05) is 12.1 Å². The first-order chi connectivity index (χ1) is 9.08. The number of carbonyl (C=O) groups is 2. The number of benzene rings is 1. The Hall–Kier alpha value is -1.72. The lowest BCUT2D eigenvalue weighted by molar-refractivity contribution is -0.119. The molecule has 0 aromatic heterocycles. The highest BCUT2D eigenvalue weighted by Gasteiger charge is 2.27. The summed E-state index contributed by atoms with van der Waals surface area (Å²) in [5.41, 5.74) is 1.22. The zero-order chi connectivity index (χ0) is 13.8. The Kier molecular flexibility index (Phi) is 4.29. The second-order valence-corrected chi connectivity index (χ2v) is 4.93. The number of rotatable bonds is 5. The maximum atomic E-state index is 11.8. The van der Waals surface area contributed by atoms with Gasteiger partial charge in [0.05, 0.1) is 6.54 Å². The summed E-state index contributed by atoms with van der Waals surface area (Å²) in [5, 5.41) is 11.7. The van der Waals surface area contributed by atoms with E-state index in [2.05, 4.69) is 5.32 Å². The molecule has 0 atom stereocenters. The third-order valence-electron chi connectivity index (χ3n) is 3.21. The average Bonchev–Trinajstić information content (AvgIpc) is 2.33. The normalized spacial score (nSPS) is 15.9. The minimum Gasteiger partial charge on any atom is -0.396 e. The van der Waals surface area contributed by atoms with Crippen LogP contribution in [0.15, 0.2) is 24.3 Å². The van der Waals surface area contributed by atoms with Crippen LogP contribution in [0.4, 0.5) is 5.69 Å². The van der Waals surface area contributed by atoms with Crippen LogP contribution in [0, 0.1) is 5.92 Å². The van der Waals surface area contributed by atoms with Crippen LogP contribution >= 0.6 is 0 Å². The second kappa shape index (κ2) is 5.95. The fourth-order valence-electron chi connectivity index (χ4n) is 2.14. The van der Waals surface area contributed by atoms with E-state index in [1.54, 1.807) is 24.3 Å². The van der Waals surface area contributed by atoms with E-state index in [0.717, 1.165) is 13.1 Å². The van der Waals surface area contributed by atoms with E-state index < -0.39 is 0 Å². The lowest BCUT2D eigenvalue weighted by Gasteiger charge is -2.37. The molecule has 1 aromatic carbocycles. The molecule has 1 heterocycles. The summed E-state index contributed by atoms with van der Waals surface area (Å²) in [4.78, 5) is 25.0. The molecule has 0 aliphatic carbocycles. The Morgan fingerprint density at radius 1 is 1.42 bits per heavy atom. The van der Waals surface area contributed by atoms with Gasteiger partial charge in [0.15, 0.2) is 5.78 Å². The van der Waals surface area contributed by atoms with Gasteiger partial charge in [-0.2, -0.15) is 0 Å². The molecule has 5 nitrogen and oxygen atoms in total. The number of aliphatic hydroxyl groups excluding tert-OH is 1. The molecule has 1 saturated heterocycles. The molecule has 1 fully saturated rings. The first-order valence-corrected chi connectivity index (χ1v) is 6.32. The van der Waals surface area contributed by atoms with Crippen molar-refractivity contribution in [1.82, 2.24) is 4.90 Å². The van der Waals surface area contributed by atoms with Gasteiger partial charge in [0.1, 0.15) is 0 Å². The van der Waals surface area contributed by atoms with Crippen molar-refractivity contribution in [3.63, 3.8) is 0 Å². The standard InChI is InChI=1S/C14H18N2O3/c1-10(18)12-3-2-4-13(5-12)15-14(19)8-16-6-11(7-16)9-17/h2-5,11,17H,6-9H2,1H3,(H,15,19). The molecule has 1 aromatic rings. The van der Waals surface area contributed by atoms with Crippen LogP contribution in [-0.2, 0) is 4.79 Å². The van der Waals surface area contributed by atoms with Crippen LogP contribution in [0.1, 0.15) is 17.3 Å². The molecule has 102 valence electrons. The second-order valence-electron chi connectivity index (χ2n) is 4.93. The zero-order valence-corrected chi connectivity index (χ0v) is 10.9. The van der Waals surface area contributed by atoms with Crippen molar-refractivity contribution in [3.8, 4) is 0 Å². The number of hydrogen-bond acceptors (Lipinski definition) is 4. The van der Waals surface area contributed by atoms with Crippen molar-refractivity contribution in [2.45, 2.75) is 6.92 Å². The van der Waals surface area contributed by atoms with Crippen LogP contribution in [0.25, 0.3) is 0 Å². The highest BCUT2D eigenvalue weighted by Crippen LogP contribution is 2.15. The molecule has 1 amide bonds. The van der Waals surface area contributed by atoms with Crippen molar-refractivity contribution in [2.24, 2.45) is 5.92 Å². The molecule has 0 spiro atoms. The molecular formula is C14H18N2O3. The molecule has 1 aliphatic heterocycles.